The normalized spacial score (nSPS) is 16.4. The molecule has 0 radical (unpaired) electrons. The Morgan fingerprint density at radius 1 is 1.00 bits per heavy atom. The molecule has 5 N–H and O–H groups in total. The summed E-state index contributed by atoms with van der Waals surface area (Å²) in [5, 5.41) is 43.5. The van der Waals surface area contributed by atoms with Gasteiger partial charge in [0.1, 0.15) is 24.4 Å². The standard InChI is InChI=1S/C6H12O6.2K.H2O4S/c7-1-3(9)5(11)6(12)4(10)2-8;;;1-5(2,3)4/h1,3-6,8-12H,2H2;;;(H2,1,2,3,4)/q;2*+1;/p-2/t3-,4+,5+,6+;;;/m0.../s1. The van der Waals surface area contributed by atoms with Gasteiger partial charge in [-0.1, -0.05) is 0 Å². The van der Waals surface area contributed by atoms with E-state index in [9.17, 15) is 4.79 Å². The van der Waals surface area contributed by atoms with Gasteiger partial charge in [-0.25, -0.2) is 0 Å². The van der Waals surface area contributed by atoms with Crippen LogP contribution < -0.4 is 103 Å². The zero-order valence-corrected chi connectivity index (χ0v) is 17.3. The number of aldehydes is 1. The second-order valence-electron chi connectivity index (χ2n) is 2.77. The van der Waals surface area contributed by atoms with E-state index in [0.717, 1.165) is 0 Å². The van der Waals surface area contributed by atoms with Gasteiger partial charge in [-0.05, 0) is 0 Å². The summed E-state index contributed by atoms with van der Waals surface area (Å²) in [6.07, 6.45) is -6.84. The smallest absolute Gasteiger partial charge is 0.759 e. The second-order valence-corrected chi connectivity index (χ2v) is 3.58. The van der Waals surface area contributed by atoms with Gasteiger partial charge >= 0.3 is 103 Å². The van der Waals surface area contributed by atoms with Crippen LogP contribution in [0.2, 0.25) is 0 Å². The largest absolute Gasteiger partial charge is 1.00 e. The predicted molar refractivity (Wildman–Crippen MR) is 47.7 cm³/mol. The maximum atomic E-state index is 9.90. The summed E-state index contributed by atoms with van der Waals surface area (Å²) in [5.41, 5.74) is 0. The van der Waals surface area contributed by atoms with Gasteiger partial charge in [-0.3, -0.25) is 8.42 Å². The van der Waals surface area contributed by atoms with Crippen LogP contribution in [0.3, 0.4) is 0 Å². The molecule has 0 fully saturated rings. The van der Waals surface area contributed by atoms with Gasteiger partial charge < -0.3 is 39.4 Å². The maximum absolute atomic E-state index is 9.90. The maximum Gasteiger partial charge on any atom is 1.00 e. The number of carbonyl (C=O) groups is 1. The Bertz CT molecular complexity index is 301. The summed E-state index contributed by atoms with van der Waals surface area (Å²) in [4.78, 5) is 9.90. The van der Waals surface area contributed by atoms with E-state index < -0.39 is 41.4 Å². The Hall–Kier alpha value is 2.61. The van der Waals surface area contributed by atoms with Crippen LogP contribution in [0.15, 0.2) is 0 Å². The molecule has 0 rings (SSSR count). The van der Waals surface area contributed by atoms with Crippen LogP contribution in [-0.4, -0.2) is 80.4 Å². The van der Waals surface area contributed by atoms with E-state index >= 15 is 0 Å². The van der Waals surface area contributed by atoms with Crippen LogP contribution in [-0.2, 0) is 15.2 Å². The molecular formula is C6H12K2O10S. The third kappa shape index (κ3) is 20.6. The van der Waals surface area contributed by atoms with Crippen molar-refractivity contribution in [3.8, 4) is 0 Å². The molecule has 10 nitrogen and oxygen atoms in total. The van der Waals surface area contributed by atoms with Gasteiger partial charge in [-0.15, -0.1) is 0 Å². The van der Waals surface area contributed by atoms with Crippen molar-refractivity contribution in [3.05, 3.63) is 0 Å². The van der Waals surface area contributed by atoms with E-state index in [0.29, 0.717) is 0 Å². The minimum atomic E-state index is -5.17. The first-order valence-electron chi connectivity index (χ1n) is 3.99. The number of hydrogen-bond acceptors (Lipinski definition) is 10. The molecule has 0 heterocycles. The van der Waals surface area contributed by atoms with E-state index in [4.69, 9.17) is 43.1 Å². The van der Waals surface area contributed by atoms with Crippen molar-refractivity contribution in [3.63, 3.8) is 0 Å². The quantitative estimate of drug-likeness (QED) is 0.137. The summed E-state index contributed by atoms with van der Waals surface area (Å²) >= 11 is 0. The molecule has 0 amide bonds. The fourth-order valence-corrected chi connectivity index (χ4v) is 0.618. The van der Waals surface area contributed by atoms with Crippen LogP contribution in [0.5, 0.6) is 0 Å². The third-order valence-corrected chi connectivity index (χ3v) is 1.42. The van der Waals surface area contributed by atoms with Gasteiger partial charge in [0.05, 0.1) is 6.61 Å². The van der Waals surface area contributed by atoms with Crippen molar-refractivity contribution in [2.45, 2.75) is 24.4 Å². The first kappa shape index (κ1) is 29.6. The Labute approximate surface area is 194 Å². The van der Waals surface area contributed by atoms with Crippen molar-refractivity contribution in [1.29, 1.82) is 0 Å². The minimum Gasteiger partial charge on any atom is -0.759 e. The Balaban J connectivity index is -0.000000139. The molecule has 0 aliphatic carbocycles. The van der Waals surface area contributed by atoms with Crippen molar-refractivity contribution in [2.24, 2.45) is 0 Å². The second kappa shape index (κ2) is 15.5. The molecule has 0 aliphatic heterocycles. The number of carbonyl (C=O) groups excluding carboxylic acids is 1. The first-order valence-corrected chi connectivity index (χ1v) is 5.33. The molecule has 0 unspecified atom stereocenters. The van der Waals surface area contributed by atoms with Gasteiger partial charge in [0.15, 0.2) is 6.29 Å². The average molecular weight is 354 g/mol. The molecule has 4 atom stereocenters. The summed E-state index contributed by atoms with van der Waals surface area (Å²) in [6, 6.07) is 0. The Morgan fingerprint density at radius 2 is 1.32 bits per heavy atom. The molecule has 13 heteroatoms. The van der Waals surface area contributed by atoms with Crippen LogP contribution >= 0.6 is 0 Å². The zero-order chi connectivity index (χ0) is 14.2. The van der Waals surface area contributed by atoms with Crippen LogP contribution in [0, 0.1) is 0 Å². The van der Waals surface area contributed by atoms with Gasteiger partial charge in [0.25, 0.3) is 0 Å². The average Bonchev–Trinajstić information content (AvgIpc) is 2.22. The molecule has 0 spiro atoms. The van der Waals surface area contributed by atoms with E-state index in [1.807, 2.05) is 0 Å². The molecular weight excluding hydrogens is 342 g/mol. The number of hydrogen-bond donors (Lipinski definition) is 5. The van der Waals surface area contributed by atoms with Crippen molar-refractivity contribution >= 4 is 16.7 Å². The van der Waals surface area contributed by atoms with Crippen LogP contribution in [0.25, 0.3) is 0 Å². The van der Waals surface area contributed by atoms with E-state index in [2.05, 4.69) is 0 Å². The zero-order valence-electron chi connectivity index (χ0n) is 10.3. The van der Waals surface area contributed by atoms with Gasteiger partial charge in [-0.2, -0.15) is 0 Å². The monoisotopic (exact) mass is 354 g/mol. The molecule has 0 bridgehead atoms. The van der Waals surface area contributed by atoms with E-state index in [-0.39, 0.29) is 109 Å². The van der Waals surface area contributed by atoms with E-state index in [1.54, 1.807) is 0 Å². The van der Waals surface area contributed by atoms with Gasteiger partial charge in [0.2, 0.25) is 0 Å². The molecule has 0 aromatic rings. The Morgan fingerprint density at radius 3 is 1.53 bits per heavy atom. The number of aliphatic hydroxyl groups is 5. The van der Waals surface area contributed by atoms with Crippen molar-refractivity contribution < 1.29 is 151 Å². The van der Waals surface area contributed by atoms with E-state index in [1.165, 1.54) is 0 Å². The Kier molecular flexibility index (Phi) is 24.2. The van der Waals surface area contributed by atoms with Crippen LogP contribution in [0.1, 0.15) is 0 Å². The SMILES string of the molecule is O=C[C@H](O)[C@@H](O)[C@H](O)[C@H](O)CO.O=S(=O)([O-])[O-].[K+].[K+]. The molecule has 0 aromatic carbocycles. The number of rotatable bonds is 5. The fourth-order valence-electron chi connectivity index (χ4n) is 0.618. The van der Waals surface area contributed by atoms with Crippen molar-refractivity contribution in [1.82, 2.24) is 0 Å². The first-order chi connectivity index (χ1) is 7.54. The summed E-state index contributed by atoms with van der Waals surface area (Å²) < 4.78 is 34.1. The molecule has 104 valence electrons. The third-order valence-electron chi connectivity index (χ3n) is 1.42. The molecule has 0 saturated carbocycles. The predicted octanol–water partition coefficient (Wildman–Crippen LogP) is -10.7. The molecule has 0 saturated heterocycles. The van der Waals surface area contributed by atoms with Crippen molar-refractivity contribution in [2.75, 3.05) is 6.61 Å². The molecule has 19 heavy (non-hydrogen) atoms. The van der Waals surface area contributed by atoms with Gasteiger partial charge in [0, 0.05) is 10.4 Å². The summed E-state index contributed by atoms with van der Waals surface area (Å²) in [6.45, 7) is -0.760. The number of aliphatic hydroxyl groups excluding tert-OH is 5. The van der Waals surface area contributed by atoms with Crippen LogP contribution in [0.4, 0.5) is 0 Å². The summed E-state index contributed by atoms with van der Waals surface area (Å²) in [7, 11) is -5.17. The topological polar surface area (TPSA) is 198 Å². The summed E-state index contributed by atoms with van der Waals surface area (Å²) in [5.74, 6) is 0. The minimum absolute atomic E-state index is 0. The fraction of sp³-hybridized carbons (Fsp3) is 0.833. The molecule has 0 aromatic heterocycles. The molecule has 0 aliphatic rings.